The fourth-order valence-electron chi connectivity index (χ4n) is 0.908. The monoisotopic (exact) mass is 112 g/mol. The molecule has 1 fully saturated rings. The molecule has 1 rings (SSSR count). The van der Waals surface area contributed by atoms with Gasteiger partial charge in [-0.05, 0) is 13.8 Å². The fraction of sp³-hybridized carbons (Fsp3) is 0.714. The second kappa shape index (κ2) is 1.90. The minimum Gasteiger partial charge on any atom is -0.371 e. The van der Waals surface area contributed by atoms with Crippen molar-refractivity contribution in [2.24, 2.45) is 0 Å². The molecular formula is C7H12O. The van der Waals surface area contributed by atoms with Gasteiger partial charge in [-0.1, -0.05) is 12.2 Å². The predicted molar refractivity (Wildman–Crippen MR) is 33.8 cm³/mol. The molecule has 0 bridgehead atoms. The largest absolute Gasteiger partial charge is 0.371 e. The lowest BCUT2D eigenvalue weighted by molar-refractivity contribution is -0.0984. The molecule has 0 saturated carbocycles. The van der Waals surface area contributed by atoms with E-state index in [4.69, 9.17) is 4.74 Å². The Morgan fingerprint density at radius 2 is 2.25 bits per heavy atom. The van der Waals surface area contributed by atoms with Crippen LogP contribution < -0.4 is 0 Å². The van der Waals surface area contributed by atoms with Crippen molar-refractivity contribution in [3.8, 4) is 0 Å². The van der Waals surface area contributed by atoms with Crippen molar-refractivity contribution >= 4 is 0 Å². The maximum atomic E-state index is 5.27. The standard InChI is InChI=1S/C7H12O/c1-3-4-7(2)5-6-8-7/h3-4H,5-6H2,1-2H3. The first-order valence-electron chi connectivity index (χ1n) is 3.05. The minimum absolute atomic E-state index is 0.0920. The van der Waals surface area contributed by atoms with Crippen molar-refractivity contribution in [3.05, 3.63) is 12.2 Å². The molecule has 0 aromatic carbocycles. The maximum Gasteiger partial charge on any atom is 0.0856 e. The van der Waals surface area contributed by atoms with Gasteiger partial charge in [-0.15, -0.1) is 0 Å². The highest BCUT2D eigenvalue weighted by molar-refractivity contribution is 5.01. The SMILES string of the molecule is CC=CC1(C)CCO1. The lowest BCUT2D eigenvalue weighted by atomic mass is 9.97. The zero-order valence-electron chi connectivity index (χ0n) is 5.48. The van der Waals surface area contributed by atoms with Crippen molar-refractivity contribution in [1.29, 1.82) is 0 Å². The Morgan fingerprint density at radius 3 is 2.38 bits per heavy atom. The Balaban J connectivity index is 2.41. The molecule has 0 aromatic heterocycles. The van der Waals surface area contributed by atoms with Crippen molar-refractivity contribution in [1.82, 2.24) is 0 Å². The second-order valence-corrected chi connectivity index (χ2v) is 2.41. The van der Waals surface area contributed by atoms with Crippen molar-refractivity contribution in [3.63, 3.8) is 0 Å². The van der Waals surface area contributed by atoms with Gasteiger partial charge in [0.25, 0.3) is 0 Å². The average molecular weight is 112 g/mol. The summed E-state index contributed by atoms with van der Waals surface area (Å²) in [6.45, 7) is 5.06. The van der Waals surface area contributed by atoms with Gasteiger partial charge in [0.2, 0.25) is 0 Å². The molecule has 1 saturated heterocycles. The molecule has 1 heteroatoms. The minimum atomic E-state index is 0.0920. The smallest absolute Gasteiger partial charge is 0.0856 e. The molecular weight excluding hydrogens is 100 g/mol. The molecule has 1 atom stereocenters. The molecule has 1 unspecified atom stereocenters. The number of allylic oxidation sites excluding steroid dienone is 1. The van der Waals surface area contributed by atoms with Crippen LogP contribution in [0.1, 0.15) is 20.3 Å². The van der Waals surface area contributed by atoms with E-state index in [0.717, 1.165) is 6.61 Å². The van der Waals surface area contributed by atoms with Crippen LogP contribution in [0.2, 0.25) is 0 Å². The summed E-state index contributed by atoms with van der Waals surface area (Å²) in [7, 11) is 0. The van der Waals surface area contributed by atoms with Crippen molar-refractivity contribution in [2.45, 2.75) is 25.9 Å². The van der Waals surface area contributed by atoms with Gasteiger partial charge < -0.3 is 4.74 Å². The molecule has 0 aliphatic carbocycles. The highest BCUT2D eigenvalue weighted by Gasteiger charge is 2.29. The second-order valence-electron chi connectivity index (χ2n) is 2.41. The van der Waals surface area contributed by atoms with E-state index in [0.29, 0.717) is 0 Å². The van der Waals surface area contributed by atoms with Crippen LogP contribution in [0.5, 0.6) is 0 Å². The van der Waals surface area contributed by atoms with Crippen molar-refractivity contribution < 1.29 is 4.74 Å². The van der Waals surface area contributed by atoms with Gasteiger partial charge in [-0.25, -0.2) is 0 Å². The Kier molecular flexibility index (Phi) is 1.39. The molecule has 1 nitrogen and oxygen atoms in total. The molecule has 0 aromatic rings. The van der Waals surface area contributed by atoms with Gasteiger partial charge in [0, 0.05) is 6.42 Å². The summed E-state index contributed by atoms with van der Waals surface area (Å²) >= 11 is 0. The number of hydrogen-bond donors (Lipinski definition) is 0. The van der Waals surface area contributed by atoms with Gasteiger partial charge in [-0.3, -0.25) is 0 Å². The fourth-order valence-corrected chi connectivity index (χ4v) is 0.908. The van der Waals surface area contributed by atoms with Gasteiger partial charge >= 0.3 is 0 Å². The first-order valence-corrected chi connectivity index (χ1v) is 3.05. The molecule has 0 spiro atoms. The van der Waals surface area contributed by atoms with Crippen LogP contribution in [0.4, 0.5) is 0 Å². The van der Waals surface area contributed by atoms with Crippen LogP contribution in [0.3, 0.4) is 0 Å². The van der Waals surface area contributed by atoms with Crippen LogP contribution >= 0.6 is 0 Å². The number of rotatable bonds is 1. The molecule has 0 N–H and O–H groups in total. The molecule has 0 radical (unpaired) electrons. The van der Waals surface area contributed by atoms with Gasteiger partial charge in [-0.2, -0.15) is 0 Å². The predicted octanol–water partition coefficient (Wildman–Crippen LogP) is 1.74. The van der Waals surface area contributed by atoms with E-state index in [1.165, 1.54) is 6.42 Å². The van der Waals surface area contributed by atoms with Crippen molar-refractivity contribution in [2.75, 3.05) is 6.61 Å². The zero-order valence-corrected chi connectivity index (χ0v) is 5.48. The van der Waals surface area contributed by atoms with Crippen LogP contribution in [0.25, 0.3) is 0 Å². The maximum absolute atomic E-state index is 5.27. The van der Waals surface area contributed by atoms with Gasteiger partial charge in [0.15, 0.2) is 0 Å². The summed E-state index contributed by atoms with van der Waals surface area (Å²) < 4.78 is 5.27. The summed E-state index contributed by atoms with van der Waals surface area (Å²) in [5.74, 6) is 0. The molecule has 46 valence electrons. The lowest BCUT2D eigenvalue weighted by Gasteiger charge is -2.35. The van der Waals surface area contributed by atoms with Gasteiger partial charge in [0.05, 0.1) is 12.2 Å². The Labute approximate surface area is 50.3 Å². The van der Waals surface area contributed by atoms with Crippen LogP contribution in [-0.2, 0) is 4.74 Å². The third kappa shape index (κ3) is 0.920. The Bertz CT molecular complexity index is 101. The summed E-state index contributed by atoms with van der Waals surface area (Å²) in [6, 6.07) is 0. The van der Waals surface area contributed by atoms with E-state index in [1.54, 1.807) is 0 Å². The zero-order chi connectivity index (χ0) is 6.04. The summed E-state index contributed by atoms with van der Waals surface area (Å²) in [4.78, 5) is 0. The Hall–Kier alpha value is -0.300. The highest BCUT2D eigenvalue weighted by atomic mass is 16.5. The normalized spacial score (nSPS) is 37.8. The van der Waals surface area contributed by atoms with E-state index in [-0.39, 0.29) is 5.60 Å². The summed E-state index contributed by atoms with van der Waals surface area (Å²) in [5.41, 5.74) is 0.0920. The average Bonchev–Trinajstić information content (AvgIpc) is 1.64. The highest BCUT2D eigenvalue weighted by Crippen LogP contribution is 2.26. The van der Waals surface area contributed by atoms with Gasteiger partial charge in [0.1, 0.15) is 0 Å². The molecule has 8 heavy (non-hydrogen) atoms. The van der Waals surface area contributed by atoms with Crippen LogP contribution in [0.15, 0.2) is 12.2 Å². The molecule has 1 aliphatic heterocycles. The van der Waals surface area contributed by atoms with Crippen LogP contribution in [0, 0.1) is 0 Å². The lowest BCUT2D eigenvalue weighted by Crippen LogP contribution is -2.38. The third-order valence-corrected chi connectivity index (χ3v) is 1.55. The van der Waals surface area contributed by atoms with E-state index in [2.05, 4.69) is 13.0 Å². The van der Waals surface area contributed by atoms with E-state index in [9.17, 15) is 0 Å². The molecule has 1 heterocycles. The molecule has 0 amide bonds. The summed E-state index contributed by atoms with van der Waals surface area (Å²) in [5, 5.41) is 0. The number of ether oxygens (including phenoxy) is 1. The van der Waals surface area contributed by atoms with E-state index in [1.807, 2.05) is 13.0 Å². The first kappa shape index (κ1) is 5.83. The topological polar surface area (TPSA) is 9.23 Å². The molecule has 1 aliphatic rings. The third-order valence-electron chi connectivity index (χ3n) is 1.55. The first-order chi connectivity index (χ1) is 3.77. The Morgan fingerprint density at radius 1 is 1.62 bits per heavy atom. The number of hydrogen-bond acceptors (Lipinski definition) is 1. The van der Waals surface area contributed by atoms with E-state index >= 15 is 0 Å². The van der Waals surface area contributed by atoms with E-state index < -0.39 is 0 Å². The quantitative estimate of drug-likeness (QED) is 0.469. The van der Waals surface area contributed by atoms with Crippen LogP contribution in [-0.4, -0.2) is 12.2 Å². The summed E-state index contributed by atoms with van der Waals surface area (Å²) in [6.07, 6.45) is 5.33.